The minimum Gasteiger partial charge on any atom is -0.206 e. The van der Waals surface area contributed by atoms with Crippen LogP contribution in [-0.4, -0.2) is 5.92 Å². The number of rotatable bonds is 1. The van der Waals surface area contributed by atoms with Crippen molar-refractivity contribution in [2.45, 2.75) is 51.4 Å². The Balaban J connectivity index is 2.21. The van der Waals surface area contributed by atoms with Gasteiger partial charge < -0.3 is 0 Å². The summed E-state index contributed by atoms with van der Waals surface area (Å²) in [6.07, 6.45) is 8.42. The van der Waals surface area contributed by atoms with Crippen LogP contribution in [-0.2, 0) is 0 Å². The van der Waals surface area contributed by atoms with E-state index in [1.54, 1.807) is 0 Å². The molecule has 1 unspecified atom stereocenters. The van der Waals surface area contributed by atoms with Crippen molar-refractivity contribution in [3.8, 4) is 0 Å². The molecule has 0 aliphatic heterocycles. The molecule has 0 saturated heterocycles. The van der Waals surface area contributed by atoms with Crippen LogP contribution in [0.2, 0.25) is 0 Å². The Bertz CT molecular complexity index is 300. The Morgan fingerprint density at radius 1 is 1.20 bits per heavy atom. The monoisotopic (exact) mass is 212 g/mol. The third kappa shape index (κ3) is 2.14. The number of hydrogen-bond donors (Lipinski definition) is 0. The molecule has 15 heavy (non-hydrogen) atoms. The zero-order valence-corrected chi connectivity index (χ0v) is 9.23. The molecule has 84 valence electrons. The topological polar surface area (TPSA) is 0 Å². The molecule has 0 amide bonds. The molecule has 0 bridgehead atoms. The smallest absolute Gasteiger partial charge is 0.206 e. The molecule has 0 heterocycles. The third-order valence-electron chi connectivity index (χ3n) is 3.57. The maximum absolute atomic E-state index is 13.8. The van der Waals surface area contributed by atoms with Crippen LogP contribution < -0.4 is 0 Å². The van der Waals surface area contributed by atoms with Crippen LogP contribution in [0.3, 0.4) is 0 Å². The van der Waals surface area contributed by atoms with Gasteiger partial charge in [0.1, 0.15) is 0 Å². The number of halogens is 2. The molecule has 1 fully saturated rings. The third-order valence-corrected chi connectivity index (χ3v) is 3.57. The van der Waals surface area contributed by atoms with Crippen LogP contribution in [0.4, 0.5) is 8.78 Å². The predicted octanol–water partition coefficient (Wildman–Crippen LogP) is 4.48. The number of alkyl halides is 2. The molecule has 0 nitrogen and oxygen atoms in total. The van der Waals surface area contributed by atoms with Crippen molar-refractivity contribution in [3.05, 3.63) is 23.3 Å². The maximum Gasteiger partial charge on any atom is 0.254 e. The lowest BCUT2D eigenvalue weighted by molar-refractivity contribution is -0.0709. The fraction of sp³-hybridized carbons (Fsp3) is 0.692. The second-order valence-electron chi connectivity index (χ2n) is 4.68. The number of allylic oxidation sites excluding steroid dienone is 4. The summed E-state index contributed by atoms with van der Waals surface area (Å²) in [5.74, 6) is -2.99. The highest BCUT2D eigenvalue weighted by Gasteiger charge is 2.43. The molecule has 1 atom stereocenters. The normalized spacial score (nSPS) is 30.7. The Kier molecular flexibility index (Phi) is 2.94. The molecule has 0 N–H and O–H groups in total. The van der Waals surface area contributed by atoms with Crippen LogP contribution in [0, 0.1) is 5.92 Å². The first-order chi connectivity index (χ1) is 7.11. The standard InChI is InChI=1S/C13H18F2/c1-10-6-2-3-7-11(10)12-8-4-5-9-13(12,14)15/h6-7,12H,2-5,8-9H2,1H3. The zero-order valence-electron chi connectivity index (χ0n) is 9.23. The predicted molar refractivity (Wildman–Crippen MR) is 58.0 cm³/mol. The summed E-state index contributed by atoms with van der Waals surface area (Å²) in [4.78, 5) is 0. The van der Waals surface area contributed by atoms with E-state index in [4.69, 9.17) is 0 Å². The van der Waals surface area contributed by atoms with Gasteiger partial charge in [-0.2, -0.15) is 0 Å². The molecule has 2 rings (SSSR count). The van der Waals surface area contributed by atoms with Crippen molar-refractivity contribution in [1.29, 1.82) is 0 Å². The molecular formula is C13H18F2. The summed E-state index contributed by atoms with van der Waals surface area (Å²) >= 11 is 0. The summed E-state index contributed by atoms with van der Waals surface area (Å²) in [7, 11) is 0. The second-order valence-corrected chi connectivity index (χ2v) is 4.68. The van der Waals surface area contributed by atoms with Crippen LogP contribution in [0.15, 0.2) is 23.3 Å². The zero-order chi connectivity index (χ0) is 10.9. The minimum absolute atomic E-state index is 0.0717. The molecule has 0 aromatic heterocycles. The van der Waals surface area contributed by atoms with E-state index in [1.165, 1.54) is 0 Å². The minimum atomic E-state index is -2.48. The van der Waals surface area contributed by atoms with Gasteiger partial charge in [0.15, 0.2) is 0 Å². The van der Waals surface area contributed by atoms with E-state index < -0.39 is 11.8 Å². The average molecular weight is 212 g/mol. The molecule has 2 aliphatic carbocycles. The van der Waals surface area contributed by atoms with Crippen LogP contribution >= 0.6 is 0 Å². The van der Waals surface area contributed by atoms with E-state index in [9.17, 15) is 8.78 Å². The molecular weight excluding hydrogens is 194 g/mol. The first kappa shape index (κ1) is 10.8. The Morgan fingerprint density at radius 3 is 2.60 bits per heavy atom. The van der Waals surface area contributed by atoms with Crippen molar-refractivity contribution in [2.75, 3.05) is 0 Å². The van der Waals surface area contributed by atoms with Crippen molar-refractivity contribution in [2.24, 2.45) is 5.92 Å². The van der Waals surface area contributed by atoms with Gasteiger partial charge in [-0.1, -0.05) is 24.1 Å². The maximum atomic E-state index is 13.8. The molecule has 2 aliphatic rings. The van der Waals surface area contributed by atoms with Gasteiger partial charge in [-0.15, -0.1) is 0 Å². The fourth-order valence-electron chi connectivity index (χ4n) is 2.71. The van der Waals surface area contributed by atoms with Crippen LogP contribution in [0.25, 0.3) is 0 Å². The highest BCUT2D eigenvalue weighted by atomic mass is 19.3. The van der Waals surface area contributed by atoms with Gasteiger partial charge in [-0.3, -0.25) is 0 Å². The van der Waals surface area contributed by atoms with Crippen LogP contribution in [0.5, 0.6) is 0 Å². The largest absolute Gasteiger partial charge is 0.254 e. The first-order valence-corrected chi connectivity index (χ1v) is 5.86. The van der Waals surface area contributed by atoms with E-state index in [2.05, 4.69) is 6.08 Å². The van der Waals surface area contributed by atoms with E-state index in [0.717, 1.165) is 30.4 Å². The SMILES string of the molecule is CC1=CCCC=C1C1CCCCC1(F)F. The Labute approximate surface area is 90.1 Å². The molecule has 2 heteroatoms. The molecule has 0 radical (unpaired) electrons. The lowest BCUT2D eigenvalue weighted by Gasteiger charge is -2.34. The van der Waals surface area contributed by atoms with Crippen molar-refractivity contribution in [3.63, 3.8) is 0 Å². The van der Waals surface area contributed by atoms with E-state index in [0.29, 0.717) is 12.8 Å². The van der Waals surface area contributed by atoms with Gasteiger partial charge in [0.25, 0.3) is 5.92 Å². The summed E-state index contributed by atoms with van der Waals surface area (Å²) in [6.45, 7) is 1.97. The summed E-state index contributed by atoms with van der Waals surface area (Å²) in [5.41, 5.74) is 2.00. The fourth-order valence-corrected chi connectivity index (χ4v) is 2.71. The number of hydrogen-bond acceptors (Lipinski definition) is 0. The average Bonchev–Trinajstić information content (AvgIpc) is 2.19. The Hall–Kier alpha value is -0.660. The molecule has 0 spiro atoms. The van der Waals surface area contributed by atoms with Gasteiger partial charge >= 0.3 is 0 Å². The lowest BCUT2D eigenvalue weighted by atomic mass is 9.76. The van der Waals surface area contributed by atoms with E-state index >= 15 is 0 Å². The van der Waals surface area contributed by atoms with Gasteiger partial charge in [-0.25, -0.2) is 8.78 Å². The Morgan fingerprint density at radius 2 is 1.93 bits per heavy atom. The molecule has 0 aromatic rings. The van der Waals surface area contributed by atoms with Crippen molar-refractivity contribution < 1.29 is 8.78 Å². The van der Waals surface area contributed by atoms with Gasteiger partial charge in [-0.05, 0) is 38.2 Å². The molecule has 1 saturated carbocycles. The highest BCUT2D eigenvalue weighted by molar-refractivity contribution is 5.35. The van der Waals surface area contributed by atoms with Gasteiger partial charge in [0.2, 0.25) is 0 Å². The summed E-state index contributed by atoms with van der Waals surface area (Å²) in [6, 6.07) is 0. The van der Waals surface area contributed by atoms with Crippen LogP contribution in [0.1, 0.15) is 45.4 Å². The highest BCUT2D eigenvalue weighted by Crippen LogP contribution is 2.45. The van der Waals surface area contributed by atoms with E-state index in [1.807, 2.05) is 13.0 Å². The van der Waals surface area contributed by atoms with Crippen molar-refractivity contribution in [1.82, 2.24) is 0 Å². The second kappa shape index (κ2) is 4.07. The summed E-state index contributed by atoms with van der Waals surface area (Å²) < 4.78 is 27.5. The first-order valence-electron chi connectivity index (χ1n) is 5.86. The van der Waals surface area contributed by atoms with Gasteiger partial charge in [0.05, 0.1) is 0 Å². The lowest BCUT2D eigenvalue weighted by Crippen LogP contribution is -2.33. The van der Waals surface area contributed by atoms with Gasteiger partial charge in [0, 0.05) is 12.3 Å². The quantitative estimate of drug-likeness (QED) is 0.601. The molecule has 0 aromatic carbocycles. The van der Waals surface area contributed by atoms with E-state index in [-0.39, 0.29) is 6.42 Å². The van der Waals surface area contributed by atoms with Crippen molar-refractivity contribution >= 4 is 0 Å². The summed E-state index contributed by atoms with van der Waals surface area (Å²) in [5, 5.41) is 0.